The fourth-order valence-corrected chi connectivity index (χ4v) is 3.93. The minimum Gasteiger partial charge on any atom is -0.381 e. The predicted molar refractivity (Wildman–Crippen MR) is 116 cm³/mol. The van der Waals surface area contributed by atoms with Crippen LogP contribution in [-0.4, -0.2) is 23.5 Å². The summed E-state index contributed by atoms with van der Waals surface area (Å²) in [5.74, 6) is 0.768. The molecule has 1 aliphatic rings. The van der Waals surface area contributed by atoms with E-state index in [4.69, 9.17) is 4.98 Å². The Hall–Kier alpha value is -2.08. The summed E-state index contributed by atoms with van der Waals surface area (Å²) in [5.41, 5.74) is 4.72. The molecule has 2 N–H and O–H groups in total. The van der Waals surface area contributed by atoms with Crippen molar-refractivity contribution >= 4 is 44.7 Å². The van der Waals surface area contributed by atoms with Gasteiger partial charge in [-0.15, -0.1) is 0 Å². The molecule has 3 rings (SSSR count). The Balaban J connectivity index is 2.02. The number of carbonyl (C=O) groups is 1. The topological polar surface area (TPSA) is 57.3 Å². The lowest BCUT2D eigenvalue weighted by molar-refractivity contribution is -0.115. The number of hydrogen-bond donors (Lipinski definition) is 2. The minimum absolute atomic E-state index is 0.0280. The standard InChI is InChI=1S/C21H27BrN4O/c1-5-6-7-14(3)23-17-11-15(4)24-21-20(17)25-19(27)12-26(21)18-9-8-16(22)10-13(18)2/h8-11,14H,5-7,12H2,1-4H3,(H,23,24)(H,25,27). The van der Waals surface area contributed by atoms with Crippen molar-refractivity contribution < 1.29 is 4.79 Å². The molecule has 0 saturated heterocycles. The number of carbonyl (C=O) groups excluding carboxylic acids is 1. The maximum atomic E-state index is 12.5. The lowest BCUT2D eigenvalue weighted by atomic mass is 10.1. The zero-order valence-corrected chi connectivity index (χ0v) is 18.0. The number of amides is 1. The number of hydrogen-bond acceptors (Lipinski definition) is 4. The van der Waals surface area contributed by atoms with Crippen molar-refractivity contribution in [2.45, 2.75) is 53.0 Å². The molecule has 1 aromatic carbocycles. The zero-order valence-electron chi connectivity index (χ0n) is 16.4. The summed E-state index contributed by atoms with van der Waals surface area (Å²) in [6, 6.07) is 8.43. The van der Waals surface area contributed by atoms with E-state index in [2.05, 4.69) is 46.5 Å². The van der Waals surface area contributed by atoms with Crippen molar-refractivity contribution in [3.63, 3.8) is 0 Å². The lowest BCUT2D eigenvalue weighted by Crippen LogP contribution is -2.37. The van der Waals surface area contributed by atoms with Gasteiger partial charge in [-0.25, -0.2) is 4.98 Å². The third-order valence-corrected chi connectivity index (χ3v) is 5.29. The molecule has 0 spiro atoms. The van der Waals surface area contributed by atoms with Crippen LogP contribution in [0.4, 0.5) is 22.9 Å². The number of aryl methyl sites for hydroxylation is 2. The van der Waals surface area contributed by atoms with E-state index >= 15 is 0 Å². The van der Waals surface area contributed by atoms with Crippen LogP contribution in [0.5, 0.6) is 0 Å². The Labute approximate surface area is 169 Å². The zero-order chi connectivity index (χ0) is 19.6. The van der Waals surface area contributed by atoms with Gasteiger partial charge in [-0.3, -0.25) is 4.79 Å². The fourth-order valence-electron chi connectivity index (χ4n) is 3.46. The maximum absolute atomic E-state index is 12.5. The van der Waals surface area contributed by atoms with Crippen molar-refractivity contribution in [1.82, 2.24) is 4.98 Å². The molecule has 27 heavy (non-hydrogen) atoms. The summed E-state index contributed by atoms with van der Waals surface area (Å²) >= 11 is 3.51. The summed E-state index contributed by atoms with van der Waals surface area (Å²) in [6.07, 6.45) is 3.44. The number of pyridine rings is 1. The van der Waals surface area contributed by atoms with Gasteiger partial charge in [0.1, 0.15) is 12.2 Å². The number of aromatic nitrogens is 1. The van der Waals surface area contributed by atoms with Gasteiger partial charge >= 0.3 is 0 Å². The van der Waals surface area contributed by atoms with Crippen LogP contribution in [0.1, 0.15) is 44.4 Å². The predicted octanol–water partition coefficient (Wildman–Crippen LogP) is 5.54. The number of rotatable bonds is 6. The molecule has 6 heteroatoms. The highest BCUT2D eigenvalue weighted by atomic mass is 79.9. The molecule has 1 atom stereocenters. The summed E-state index contributed by atoms with van der Waals surface area (Å²) in [5, 5.41) is 6.61. The van der Waals surface area contributed by atoms with Crippen LogP contribution >= 0.6 is 15.9 Å². The summed E-state index contributed by atoms with van der Waals surface area (Å²) in [4.78, 5) is 19.2. The molecule has 1 unspecified atom stereocenters. The molecule has 1 aromatic heterocycles. The minimum atomic E-state index is -0.0280. The SMILES string of the molecule is CCCCC(C)Nc1cc(C)nc2c1NC(=O)CN2c1ccc(Br)cc1C. The lowest BCUT2D eigenvalue weighted by Gasteiger charge is -2.33. The monoisotopic (exact) mass is 430 g/mol. The summed E-state index contributed by atoms with van der Waals surface area (Å²) < 4.78 is 1.02. The molecule has 0 bridgehead atoms. The van der Waals surface area contributed by atoms with E-state index < -0.39 is 0 Å². The van der Waals surface area contributed by atoms with Crippen LogP contribution in [0.2, 0.25) is 0 Å². The largest absolute Gasteiger partial charge is 0.381 e. The van der Waals surface area contributed by atoms with Crippen molar-refractivity contribution in [3.8, 4) is 0 Å². The Bertz CT molecular complexity index is 852. The summed E-state index contributed by atoms with van der Waals surface area (Å²) in [7, 11) is 0. The molecule has 144 valence electrons. The van der Waals surface area contributed by atoms with Crippen LogP contribution in [0.15, 0.2) is 28.7 Å². The van der Waals surface area contributed by atoms with Crippen LogP contribution in [-0.2, 0) is 4.79 Å². The number of unbranched alkanes of at least 4 members (excludes halogenated alkanes) is 1. The van der Waals surface area contributed by atoms with Gasteiger partial charge in [0.25, 0.3) is 0 Å². The Morgan fingerprint density at radius 1 is 1.33 bits per heavy atom. The van der Waals surface area contributed by atoms with Crippen molar-refractivity contribution in [2.24, 2.45) is 0 Å². The third-order valence-electron chi connectivity index (χ3n) is 4.79. The van der Waals surface area contributed by atoms with E-state index in [1.165, 1.54) is 12.8 Å². The second-order valence-electron chi connectivity index (χ2n) is 7.26. The molecule has 1 amide bonds. The molecular weight excluding hydrogens is 404 g/mol. The normalized spacial score (nSPS) is 14.6. The van der Waals surface area contributed by atoms with E-state index in [-0.39, 0.29) is 12.5 Å². The van der Waals surface area contributed by atoms with Crippen LogP contribution in [0.3, 0.4) is 0 Å². The maximum Gasteiger partial charge on any atom is 0.244 e. The van der Waals surface area contributed by atoms with Crippen LogP contribution < -0.4 is 15.5 Å². The van der Waals surface area contributed by atoms with Gasteiger partial charge in [0.05, 0.1) is 5.69 Å². The Morgan fingerprint density at radius 3 is 2.81 bits per heavy atom. The molecular formula is C21H27BrN4O. The van der Waals surface area contributed by atoms with Gasteiger partial charge in [0, 0.05) is 21.9 Å². The molecule has 0 aliphatic carbocycles. The smallest absolute Gasteiger partial charge is 0.244 e. The first-order chi connectivity index (χ1) is 12.9. The quantitative estimate of drug-likeness (QED) is 0.631. The first-order valence-electron chi connectivity index (χ1n) is 9.50. The second kappa shape index (κ2) is 8.30. The van der Waals surface area contributed by atoms with Gasteiger partial charge in [0.15, 0.2) is 5.82 Å². The average molecular weight is 431 g/mol. The highest BCUT2D eigenvalue weighted by Crippen LogP contribution is 2.40. The van der Waals surface area contributed by atoms with Crippen LogP contribution in [0.25, 0.3) is 0 Å². The third kappa shape index (κ3) is 4.43. The Kier molecular flexibility index (Phi) is 6.05. The Morgan fingerprint density at radius 2 is 2.11 bits per heavy atom. The van der Waals surface area contributed by atoms with Gasteiger partial charge < -0.3 is 15.5 Å². The number of halogens is 1. The highest BCUT2D eigenvalue weighted by molar-refractivity contribution is 9.10. The molecule has 1 aliphatic heterocycles. The van der Waals surface area contributed by atoms with E-state index in [1.807, 2.05) is 36.9 Å². The van der Waals surface area contributed by atoms with E-state index in [0.717, 1.165) is 45.0 Å². The first kappa shape index (κ1) is 19.7. The van der Waals surface area contributed by atoms with Gasteiger partial charge in [-0.05, 0) is 57.0 Å². The number of nitrogens with zero attached hydrogens (tertiary/aromatic N) is 2. The first-order valence-corrected chi connectivity index (χ1v) is 10.3. The fraction of sp³-hybridized carbons (Fsp3) is 0.429. The van der Waals surface area contributed by atoms with E-state index in [1.54, 1.807) is 0 Å². The van der Waals surface area contributed by atoms with Crippen molar-refractivity contribution in [3.05, 3.63) is 40.0 Å². The van der Waals surface area contributed by atoms with Crippen LogP contribution in [0, 0.1) is 13.8 Å². The van der Waals surface area contributed by atoms with Gasteiger partial charge in [-0.2, -0.15) is 0 Å². The molecule has 2 aromatic rings. The highest BCUT2D eigenvalue weighted by Gasteiger charge is 2.28. The summed E-state index contributed by atoms with van der Waals surface area (Å²) in [6.45, 7) is 8.68. The molecule has 0 saturated carbocycles. The van der Waals surface area contributed by atoms with Crippen molar-refractivity contribution in [1.29, 1.82) is 0 Å². The molecule has 0 fully saturated rings. The van der Waals surface area contributed by atoms with Gasteiger partial charge in [0.2, 0.25) is 5.91 Å². The second-order valence-corrected chi connectivity index (χ2v) is 8.18. The number of benzene rings is 1. The van der Waals surface area contributed by atoms with Crippen molar-refractivity contribution in [2.75, 3.05) is 22.1 Å². The van der Waals surface area contributed by atoms with E-state index in [9.17, 15) is 4.79 Å². The number of anilines is 4. The number of fused-ring (bicyclic) bond motifs is 1. The molecule has 5 nitrogen and oxygen atoms in total. The average Bonchev–Trinajstić information content (AvgIpc) is 2.60. The molecule has 0 radical (unpaired) electrons. The molecule has 2 heterocycles. The van der Waals surface area contributed by atoms with E-state index in [0.29, 0.717) is 6.04 Å². The number of nitrogens with one attached hydrogen (secondary N) is 2. The van der Waals surface area contributed by atoms with Gasteiger partial charge in [-0.1, -0.05) is 35.7 Å².